The predicted molar refractivity (Wildman–Crippen MR) is 143 cm³/mol. The van der Waals surface area contributed by atoms with Crippen LogP contribution in [0.25, 0.3) is 28.1 Å². The van der Waals surface area contributed by atoms with E-state index < -0.39 is 11.9 Å². The van der Waals surface area contributed by atoms with Crippen LogP contribution < -0.4 is 4.74 Å². The maximum absolute atomic E-state index is 14.5. The first-order chi connectivity index (χ1) is 17.9. The average Bonchev–Trinajstić information content (AvgIpc) is 3.22. The van der Waals surface area contributed by atoms with Crippen molar-refractivity contribution in [2.45, 2.75) is 33.1 Å². The van der Waals surface area contributed by atoms with Gasteiger partial charge >= 0.3 is 5.97 Å². The molecule has 0 amide bonds. The zero-order valence-electron chi connectivity index (χ0n) is 20.8. The molecule has 0 unspecified atom stereocenters. The van der Waals surface area contributed by atoms with E-state index in [9.17, 15) is 9.18 Å². The molecule has 2 aromatic carbocycles. The van der Waals surface area contributed by atoms with E-state index in [1.54, 1.807) is 6.08 Å². The molecule has 0 bridgehead atoms. The van der Waals surface area contributed by atoms with Crippen molar-refractivity contribution in [2.24, 2.45) is 5.92 Å². The summed E-state index contributed by atoms with van der Waals surface area (Å²) < 4.78 is 20.2. The van der Waals surface area contributed by atoms with E-state index in [2.05, 4.69) is 22.1 Å². The van der Waals surface area contributed by atoms with Gasteiger partial charge in [-0.3, -0.25) is 5.10 Å². The van der Waals surface area contributed by atoms with Gasteiger partial charge in [-0.25, -0.2) is 9.78 Å². The van der Waals surface area contributed by atoms with Gasteiger partial charge in [0, 0.05) is 23.9 Å². The molecule has 0 saturated heterocycles. The van der Waals surface area contributed by atoms with E-state index in [0.717, 1.165) is 58.7 Å². The molecule has 0 atom stereocenters. The maximum Gasteiger partial charge on any atom is 0.328 e. The molecule has 37 heavy (non-hydrogen) atoms. The first kappa shape index (κ1) is 24.4. The quantitative estimate of drug-likeness (QED) is 0.266. The minimum Gasteiger partial charge on any atom is -0.478 e. The van der Waals surface area contributed by atoms with E-state index in [1.807, 2.05) is 61.7 Å². The Kier molecular flexibility index (Phi) is 6.86. The minimum absolute atomic E-state index is 0.338. The lowest BCUT2D eigenvalue weighted by atomic mass is 9.72. The molecule has 7 heteroatoms. The number of pyridine rings is 1. The molecule has 1 fully saturated rings. The van der Waals surface area contributed by atoms with Crippen LogP contribution in [-0.4, -0.2) is 32.9 Å². The SMILES string of the molecule is CCOc1cc(C)c(C(=C(c2ccc(C=CC(=O)O)cc2)c2ccc3n[nH]c(F)c3c2)C2CCC2)cn1. The Balaban J connectivity index is 1.74. The predicted octanol–water partition coefficient (Wildman–Crippen LogP) is 6.66. The molecule has 4 aromatic rings. The summed E-state index contributed by atoms with van der Waals surface area (Å²) in [5.74, 6) is -0.528. The fraction of sp³-hybridized carbons (Fsp3) is 0.233. The Morgan fingerprint density at radius 1 is 1.16 bits per heavy atom. The van der Waals surface area contributed by atoms with Gasteiger partial charge in [0.25, 0.3) is 0 Å². The van der Waals surface area contributed by atoms with Crippen LogP contribution in [0.15, 0.2) is 60.8 Å². The highest BCUT2D eigenvalue weighted by Gasteiger charge is 2.29. The first-order valence-electron chi connectivity index (χ1n) is 12.4. The fourth-order valence-electron chi connectivity index (χ4n) is 4.84. The summed E-state index contributed by atoms with van der Waals surface area (Å²) in [7, 11) is 0. The van der Waals surface area contributed by atoms with Crippen molar-refractivity contribution in [3.8, 4) is 5.88 Å². The number of aromatic amines is 1. The Bertz CT molecular complexity index is 1520. The van der Waals surface area contributed by atoms with Crippen molar-refractivity contribution in [2.75, 3.05) is 6.61 Å². The smallest absolute Gasteiger partial charge is 0.328 e. The van der Waals surface area contributed by atoms with Crippen LogP contribution in [0.1, 0.15) is 54.0 Å². The van der Waals surface area contributed by atoms with Crippen LogP contribution in [0.2, 0.25) is 0 Å². The highest BCUT2D eigenvalue weighted by molar-refractivity contribution is 6.01. The lowest BCUT2D eigenvalue weighted by molar-refractivity contribution is -0.131. The molecule has 1 saturated carbocycles. The number of benzene rings is 2. The molecule has 0 aliphatic heterocycles. The van der Waals surface area contributed by atoms with Crippen molar-refractivity contribution in [1.29, 1.82) is 0 Å². The van der Waals surface area contributed by atoms with Crippen LogP contribution >= 0.6 is 0 Å². The van der Waals surface area contributed by atoms with Gasteiger partial charge < -0.3 is 9.84 Å². The molecule has 2 aromatic heterocycles. The number of carboxylic acid groups (broad SMARTS) is 1. The lowest BCUT2D eigenvalue weighted by Gasteiger charge is -2.32. The largest absolute Gasteiger partial charge is 0.478 e. The molecular weight excluding hydrogens is 469 g/mol. The molecule has 5 rings (SSSR count). The average molecular weight is 498 g/mol. The molecule has 2 N–H and O–H groups in total. The number of aromatic nitrogens is 3. The third-order valence-corrected chi connectivity index (χ3v) is 6.86. The number of nitrogens with zero attached hydrogens (tertiary/aromatic N) is 2. The van der Waals surface area contributed by atoms with Gasteiger partial charge in [0.05, 0.1) is 17.5 Å². The van der Waals surface area contributed by atoms with Gasteiger partial charge in [-0.2, -0.15) is 9.49 Å². The first-order valence-corrected chi connectivity index (χ1v) is 12.4. The summed E-state index contributed by atoms with van der Waals surface area (Å²) in [6.07, 6.45) is 7.85. The summed E-state index contributed by atoms with van der Waals surface area (Å²) in [5, 5.41) is 15.9. The highest BCUT2D eigenvalue weighted by atomic mass is 19.1. The fourth-order valence-corrected chi connectivity index (χ4v) is 4.84. The minimum atomic E-state index is -0.995. The van der Waals surface area contributed by atoms with E-state index >= 15 is 0 Å². The summed E-state index contributed by atoms with van der Waals surface area (Å²) >= 11 is 0. The molecule has 0 radical (unpaired) electrons. The van der Waals surface area contributed by atoms with E-state index in [0.29, 0.717) is 29.3 Å². The molecule has 1 aliphatic carbocycles. The van der Waals surface area contributed by atoms with E-state index in [-0.39, 0.29) is 0 Å². The Morgan fingerprint density at radius 3 is 2.57 bits per heavy atom. The number of hydrogen-bond donors (Lipinski definition) is 2. The topological polar surface area (TPSA) is 88.1 Å². The number of fused-ring (bicyclic) bond motifs is 1. The number of halogens is 1. The zero-order valence-corrected chi connectivity index (χ0v) is 20.8. The monoisotopic (exact) mass is 497 g/mol. The standard InChI is InChI=1S/C30H28FN3O3/c1-3-37-26-15-18(2)24(17-32-26)29(20-5-4-6-20)28(21-10-7-19(8-11-21)9-14-27(35)36)22-12-13-25-23(16-22)30(31)34-33-25/h7-17,20H,3-6H2,1-2H3,(H,33,34)(H,35,36). The number of carbonyl (C=O) groups is 1. The normalized spacial score (nSPS) is 14.6. The van der Waals surface area contributed by atoms with Crippen molar-refractivity contribution in [3.63, 3.8) is 0 Å². The van der Waals surface area contributed by atoms with Crippen LogP contribution in [-0.2, 0) is 4.79 Å². The Labute approximate surface area is 214 Å². The summed E-state index contributed by atoms with van der Waals surface area (Å²) in [5.41, 5.74) is 7.50. The van der Waals surface area contributed by atoms with Crippen LogP contribution in [0, 0.1) is 18.8 Å². The van der Waals surface area contributed by atoms with Crippen LogP contribution in [0.4, 0.5) is 4.39 Å². The Morgan fingerprint density at radius 2 is 1.92 bits per heavy atom. The molecular formula is C30H28FN3O3. The maximum atomic E-state index is 14.5. The van der Waals surface area contributed by atoms with Crippen molar-refractivity contribution in [1.82, 2.24) is 15.2 Å². The number of aliphatic carboxylic acids is 1. The number of aryl methyl sites for hydroxylation is 1. The summed E-state index contributed by atoms with van der Waals surface area (Å²) in [6, 6.07) is 15.4. The lowest BCUT2D eigenvalue weighted by Crippen LogP contribution is -2.16. The number of allylic oxidation sites excluding steroid dienone is 1. The number of carboxylic acids is 1. The molecule has 1 aliphatic rings. The third-order valence-electron chi connectivity index (χ3n) is 6.86. The molecule has 0 spiro atoms. The van der Waals surface area contributed by atoms with E-state index in [1.165, 1.54) is 5.57 Å². The van der Waals surface area contributed by atoms with Crippen molar-refractivity contribution >= 4 is 34.1 Å². The van der Waals surface area contributed by atoms with Crippen LogP contribution in [0.5, 0.6) is 5.88 Å². The van der Waals surface area contributed by atoms with Gasteiger partial charge in [-0.1, -0.05) is 36.8 Å². The highest BCUT2D eigenvalue weighted by Crippen LogP contribution is 2.46. The van der Waals surface area contributed by atoms with Crippen molar-refractivity contribution in [3.05, 3.63) is 94.6 Å². The number of hydrogen-bond acceptors (Lipinski definition) is 4. The summed E-state index contributed by atoms with van der Waals surface area (Å²) in [6.45, 7) is 4.54. The van der Waals surface area contributed by atoms with Gasteiger partial charge in [0.2, 0.25) is 11.8 Å². The van der Waals surface area contributed by atoms with Gasteiger partial charge in [-0.15, -0.1) is 0 Å². The number of nitrogens with one attached hydrogen (secondary N) is 1. The Hall–Kier alpha value is -4.26. The molecule has 2 heterocycles. The van der Waals surface area contributed by atoms with Crippen LogP contribution in [0.3, 0.4) is 0 Å². The third kappa shape index (κ3) is 5.03. The molecule has 188 valence electrons. The number of rotatable bonds is 8. The second-order valence-electron chi connectivity index (χ2n) is 9.25. The van der Waals surface area contributed by atoms with Gasteiger partial charge in [0.1, 0.15) is 0 Å². The molecule has 6 nitrogen and oxygen atoms in total. The number of H-pyrrole nitrogens is 1. The zero-order chi connectivity index (χ0) is 25.9. The van der Waals surface area contributed by atoms with Crippen molar-refractivity contribution < 1.29 is 19.0 Å². The van der Waals surface area contributed by atoms with Gasteiger partial charge in [0.15, 0.2) is 0 Å². The van der Waals surface area contributed by atoms with E-state index in [4.69, 9.17) is 9.84 Å². The van der Waals surface area contributed by atoms with Gasteiger partial charge in [-0.05, 0) is 84.2 Å². The summed E-state index contributed by atoms with van der Waals surface area (Å²) in [4.78, 5) is 15.5. The second-order valence-corrected chi connectivity index (χ2v) is 9.25. The second kappa shape index (κ2) is 10.4. The number of ether oxygens (including phenoxy) is 1.